The number of carbonyl (C=O) groups excluding carboxylic acids is 3. The van der Waals surface area contributed by atoms with Gasteiger partial charge in [-0.15, -0.1) is 0 Å². The van der Waals surface area contributed by atoms with Crippen molar-refractivity contribution >= 4 is 23.6 Å². The standard InChI is InChI=1S/C18H23NO6/c1-5-23-17(21)15(18(22)24-6-2)11-16(20)25-12-13-8-7-9-14(10-13)19(3)4/h7-11H,5-6,12H2,1-4H3. The highest BCUT2D eigenvalue weighted by molar-refractivity contribution is 6.17. The van der Waals surface area contributed by atoms with Crippen molar-refractivity contribution < 1.29 is 28.6 Å². The molecule has 1 aromatic carbocycles. The molecule has 25 heavy (non-hydrogen) atoms. The number of ether oxygens (including phenoxy) is 3. The third kappa shape index (κ3) is 6.66. The van der Waals surface area contributed by atoms with Crippen LogP contribution in [0.4, 0.5) is 5.69 Å². The zero-order valence-electron chi connectivity index (χ0n) is 14.9. The van der Waals surface area contributed by atoms with Crippen LogP contribution in [0.5, 0.6) is 0 Å². The largest absolute Gasteiger partial charge is 0.462 e. The summed E-state index contributed by atoms with van der Waals surface area (Å²) in [5.41, 5.74) is 1.25. The van der Waals surface area contributed by atoms with Gasteiger partial charge in [-0.3, -0.25) is 0 Å². The summed E-state index contributed by atoms with van der Waals surface area (Å²) in [6.07, 6.45) is 0.797. The smallest absolute Gasteiger partial charge is 0.345 e. The van der Waals surface area contributed by atoms with Gasteiger partial charge in [-0.1, -0.05) is 12.1 Å². The van der Waals surface area contributed by atoms with Gasteiger partial charge in [0.15, 0.2) is 5.57 Å². The van der Waals surface area contributed by atoms with Crippen molar-refractivity contribution in [2.24, 2.45) is 0 Å². The third-order valence-electron chi connectivity index (χ3n) is 3.06. The lowest BCUT2D eigenvalue weighted by atomic mass is 10.2. The van der Waals surface area contributed by atoms with Crippen LogP contribution >= 0.6 is 0 Å². The van der Waals surface area contributed by atoms with E-state index in [2.05, 4.69) is 0 Å². The molecule has 0 fully saturated rings. The van der Waals surface area contributed by atoms with Gasteiger partial charge in [-0.05, 0) is 31.5 Å². The van der Waals surface area contributed by atoms with E-state index in [0.717, 1.165) is 17.3 Å². The molecule has 0 aromatic heterocycles. The first-order valence-corrected chi connectivity index (χ1v) is 7.88. The fourth-order valence-electron chi connectivity index (χ4n) is 1.86. The summed E-state index contributed by atoms with van der Waals surface area (Å²) in [6.45, 7) is 3.34. The maximum atomic E-state index is 11.9. The minimum Gasteiger partial charge on any atom is -0.462 e. The molecule has 0 heterocycles. The van der Waals surface area contributed by atoms with E-state index in [1.54, 1.807) is 13.8 Å². The summed E-state index contributed by atoms with van der Waals surface area (Å²) >= 11 is 0. The van der Waals surface area contributed by atoms with Gasteiger partial charge in [-0.2, -0.15) is 0 Å². The Hall–Kier alpha value is -2.83. The average Bonchev–Trinajstić information content (AvgIpc) is 2.58. The van der Waals surface area contributed by atoms with E-state index in [1.165, 1.54) is 0 Å². The average molecular weight is 349 g/mol. The molecule has 0 amide bonds. The fourth-order valence-corrected chi connectivity index (χ4v) is 1.86. The van der Waals surface area contributed by atoms with Gasteiger partial charge in [0.1, 0.15) is 6.61 Å². The van der Waals surface area contributed by atoms with E-state index < -0.39 is 23.5 Å². The zero-order valence-corrected chi connectivity index (χ0v) is 14.9. The van der Waals surface area contributed by atoms with Crippen molar-refractivity contribution in [3.8, 4) is 0 Å². The summed E-state index contributed by atoms with van der Waals surface area (Å²) in [5, 5.41) is 0. The number of esters is 3. The van der Waals surface area contributed by atoms with Crippen LogP contribution in [0.1, 0.15) is 19.4 Å². The van der Waals surface area contributed by atoms with E-state index in [4.69, 9.17) is 14.2 Å². The van der Waals surface area contributed by atoms with Crippen molar-refractivity contribution in [1.82, 2.24) is 0 Å². The van der Waals surface area contributed by atoms with Crippen LogP contribution in [-0.2, 0) is 35.2 Å². The Labute approximate surface area is 147 Å². The molecule has 1 aromatic rings. The van der Waals surface area contributed by atoms with E-state index in [-0.39, 0.29) is 19.8 Å². The SMILES string of the molecule is CCOC(=O)C(=CC(=O)OCc1cccc(N(C)C)c1)C(=O)OCC. The molecule has 0 spiro atoms. The van der Waals surface area contributed by atoms with E-state index in [1.807, 2.05) is 43.3 Å². The van der Waals surface area contributed by atoms with Crippen LogP contribution in [-0.4, -0.2) is 45.2 Å². The predicted molar refractivity (Wildman–Crippen MR) is 91.9 cm³/mol. The quantitative estimate of drug-likeness (QED) is 0.233. The Balaban J connectivity index is 2.81. The summed E-state index contributed by atoms with van der Waals surface area (Å²) in [6, 6.07) is 7.44. The molecule has 7 nitrogen and oxygen atoms in total. The number of carbonyl (C=O) groups is 3. The van der Waals surface area contributed by atoms with Crippen LogP contribution in [0.25, 0.3) is 0 Å². The molecule has 0 aliphatic heterocycles. The predicted octanol–water partition coefficient (Wildman–Crippen LogP) is 1.85. The Morgan fingerprint density at radius 1 is 1.00 bits per heavy atom. The minimum absolute atomic E-state index is 0.00987. The van der Waals surface area contributed by atoms with Gasteiger partial charge >= 0.3 is 17.9 Å². The fraction of sp³-hybridized carbons (Fsp3) is 0.389. The Morgan fingerprint density at radius 2 is 1.60 bits per heavy atom. The first kappa shape index (κ1) is 20.2. The van der Waals surface area contributed by atoms with Crippen LogP contribution in [0.15, 0.2) is 35.9 Å². The molecule has 0 aliphatic rings. The summed E-state index contributed by atoms with van der Waals surface area (Å²) in [5.74, 6) is -2.67. The first-order valence-electron chi connectivity index (χ1n) is 7.88. The van der Waals surface area contributed by atoms with Crippen molar-refractivity contribution in [3.63, 3.8) is 0 Å². The molecule has 1 rings (SSSR count). The number of hydrogen-bond acceptors (Lipinski definition) is 7. The van der Waals surface area contributed by atoms with Crippen LogP contribution in [0.2, 0.25) is 0 Å². The Morgan fingerprint density at radius 3 is 2.12 bits per heavy atom. The van der Waals surface area contributed by atoms with Gasteiger partial charge in [0.25, 0.3) is 0 Å². The second-order valence-electron chi connectivity index (χ2n) is 5.17. The van der Waals surface area contributed by atoms with Crippen molar-refractivity contribution in [1.29, 1.82) is 0 Å². The van der Waals surface area contributed by atoms with Gasteiger partial charge in [0, 0.05) is 25.9 Å². The highest BCUT2D eigenvalue weighted by Crippen LogP contribution is 2.14. The minimum atomic E-state index is -0.924. The number of hydrogen-bond donors (Lipinski definition) is 0. The number of nitrogens with zero attached hydrogens (tertiary/aromatic N) is 1. The maximum Gasteiger partial charge on any atom is 0.345 e. The van der Waals surface area contributed by atoms with Crippen LogP contribution < -0.4 is 4.90 Å². The molecule has 0 N–H and O–H groups in total. The monoisotopic (exact) mass is 349 g/mol. The van der Waals surface area contributed by atoms with Gasteiger partial charge in [-0.25, -0.2) is 14.4 Å². The molecule has 0 unspecified atom stereocenters. The van der Waals surface area contributed by atoms with E-state index in [9.17, 15) is 14.4 Å². The lowest BCUT2D eigenvalue weighted by Crippen LogP contribution is -2.20. The van der Waals surface area contributed by atoms with E-state index >= 15 is 0 Å². The second kappa shape index (κ2) is 10.1. The molecule has 0 atom stereocenters. The molecule has 136 valence electrons. The summed E-state index contributed by atoms with van der Waals surface area (Å²) < 4.78 is 14.6. The van der Waals surface area contributed by atoms with Gasteiger partial charge in [0.2, 0.25) is 0 Å². The second-order valence-corrected chi connectivity index (χ2v) is 5.17. The molecular formula is C18H23NO6. The number of benzene rings is 1. The van der Waals surface area contributed by atoms with Gasteiger partial charge < -0.3 is 19.1 Å². The third-order valence-corrected chi connectivity index (χ3v) is 3.06. The van der Waals surface area contributed by atoms with Crippen molar-refractivity contribution in [3.05, 3.63) is 41.5 Å². The topological polar surface area (TPSA) is 82.1 Å². The molecule has 0 radical (unpaired) electrons. The summed E-state index contributed by atoms with van der Waals surface area (Å²) in [4.78, 5) is 37.4. The Kier molecular flexibility index (Phi) is 8.18. The molecule has 0 bridgehead atoms. The number of rotatable bonds is 8. The van der Waals surface area contributed by atoms with Gasteiger partial charge in [0.05, 0.1) is 13.2 Å². The summed E-state index contributed by atoms with van der Waals surface area (Å²) in [7, 11) is 3.80. The molecule has 0 saturated carbocycles. The lowest BCUT2D eigenvalue weighted by molar-refractivity contribution is -0.148. The number of anilines is 1. The molecule has 0 saturated heterocycles. The molecule has 0 aliphatic carbocycles. The lowest BCUT2D eigenvalue weighted by Gasteiger charge is -2.13. The first-order chi connectivity index (χ1) is 11.9. The zero-order chi connectivity index (χ0) is 18.8. The van der Waals surface area contributed by atoms with Crippen LogP contribution in [0, 0.1) is 0 Å². The van der Waals surface area contributed by atoms with Crippen molar-refractivity contribution in [2.45, 2.75) is 20.5 Å². The Bertz CT molecular complexity index is 631. The highest BCUT2D eigenvalue weighted by Gasteiger charge is 2.22. The molecular weight excluding hydrogens is 326 g/mol. The highest BCUT2D eigenvalue weighted by atomic mass is 16.6. The van der Waals surface area contributed by atoms with E-state index in [0.29, 0.717) is 0 Å². The molecule has 7 heteroatoms. The normalized spacial score (nSPS) is 9.76. The van der Waals surface area contributed by atoms with Crippen molar-refractivity contribution in [2.75, 3.05) is 32.2 Å². The van der Waals surface area contributed by atoms with Crippen LogP contribution in [0.3, 0.4) is 0 Å². The maximum absolute atomic E-state index is 11.9.